The number of aliphatic carboxylic acids is 1. The fourth-order valence-electron chi connectivity index (χ4n) is 3.59. The number of aryl methyl sites for hydroxylation is 1. The molecule has 1 aromatic heterocycles. The molecule has 4 nitrogen and oxygen atoms in total. The van der Waals surface area contributed by atoms with Gasteiger partial charge in [-0.2, -0.15) is 13.2 Å². The highest BCUT2D eigenvalue weighted by atomic mass is 32.2. The summed E-state index contributed by atoms with van der Waals surface area (Å²) in [5, 5.41) is 9.48. The minimum atomic E-state index is -4.39. The third-order valence-electron chi connectivity index (χ3n) is 5.34. The molecule has 3 aromatic carbocycles. The minimum absolute atomic E-state index is 0.00825. The second-order valence-electron chi connectivity index (χ2n) is 8.04. The van der Waals surface area contributed by atoms with Gasteiger partial charge in [0.2, 0.25) is 0 Å². The van der Waals surface area contributed by atoms with Crippen LogP contribution >= 0.6 is 23.1 Å². The van der Waals surface area contributed by atoms with E-state index < -0.39 is 24.3 Å². The van der Waals surface area contributed by atoms with Gasteiger partial charge in [-0.15, -0.1) is 23.1 Å². The van der Waals surface area contributed by atoms with Crippen molar-refractivity contribution in [3.63, 3.8) is 0 Å². The molecule has 0 aliphatic heterocycles. The van der Waals surface area contributed by atoms with Crippen LogP contribution in [0.15, 0.2) is 77.7 Å². The number of thioether (sulfide) groups is 1. The Kier molecular flexibility index (Phi) is 7.70. The average molecular weight is 530 g/mol. The fourth-order valence-corrected chi connectivity index (χ4v) is 5.92. The zero-order valence-corrected chi connectivity index (χ0v) is 21.0. The number of benzene rings is 3. The van der Waals surface area contributed by atoms with Crippen LogP contribution in [0, 0.1) is 6.92 Å². The van der Waals surface area contributed by atoms with Crippen molar-refractivity contribution in [2.24, 2.45) is 0 Å². The Morgan fingerprint density at radius 1 is 1.06 bits per heavy atom. The van der Waals surface area contributed by atoms with E-state index in [-0.39, 0.29) is 5.25 Å². The SMILES string of the molecule is Cc1cc(S[C@H](C)c2sc(-c3ccc(C(F)(F)F)cc3)nc2-c2ccccc2)ccc1OCC(=O)O. The molecule has 1 N–H and O–H groups in total. The van der Waals surface area contributed by atoms with Crippen LogP contribution in [0.1, 0.15) is 28.2 Å². The number of nitrogens with zero attached hydrogens (tertiary/aromatic N) is 1. The Labute approximate surface area is 214 Å². The fraction of sp³-hybridized carbons (Fsp3) is 0.185. The number of halogens is 3. The number of ether oxygens (including phenoxy) is 1. The lowest BCUT2D eigenvalue weighted by atomic mass is 10.1. The van der Waals surface area contributed by atoms with Crippen LogP contribution in [0.3, 0.4) is 0 Å². The van der Waals surface area contributed by atoms with Gasteiger partial charge in [0.15, 0.2) is 6.61 Å². The molecule has 4 rings (SSSR count). The zero-order chi connectivity index (χ0) is 25.9. The van der Waals surface area contributed by atoms with Crippen molar-refractivity contribution in [1.82, 2.24) is 4.98 Å². The molecule has 0 saturated heterocycles. The number of carbonyl (C=O) groups is 1. The Morgan fingerprint density at radius 2 is 1.75 bits per heavy atom. The van der Waals surface area contributed by atoms with E-state index in [0.717, 1.165) is 38.7 Å². The molecule has 9 heteroatoms. The summed E-state index contributed by atoms with van der Waals surface area (Å²) in [7, 11) is 0. The molecule has 0 bridgehead atoms. The molecule has 1 atom stereocenters. The number of thiazole rings is 1. The van der Waals surface area contributed by atoms with Crippen LogP contribution in [0.5, 0.6) is 5.75 Å². The largest absolute Gasteiger partial charge is 0.482 e. The topological polar surface area (TPSA) is 59.4 Å². The molecule has 0 spiro atoms. The van der Waals surface area contributed by atoms with Gasteiger partial charge in [0, 0.05) is 26.1 Å². The molecular weight excluding hydrogens is 507 g/mol. The molecule has 0 aliphatic carbocycles. The van der Waals surface area contributed by atoms with Crippen LogP contribution < -0.4 is 4.74 Å². The average Bonchev–Trinajstić information content (AvgIpc) is 3.29. The Morgan fingerprint density at radius 3 is 2.36 bits per heavy atom. The first-order chi connectivity index (χ1) is 17.1. The molecule has 0 amide bonds. The standard InChI is InChI=1S/C27H22F3NO3S2/c1-16-14-21(12-13-22(16)34-15-23(32)33)35-17(2)25-24(18-6-4-3-5-7-18)31-26(36-25)19-8-10-20(11-9-19)27(28,29)30/h3-14,17H,15H2,1-2H3,(H,32,33)/t17-/m1/s1. The van der Waals surface area contributed by atoms with E-state index >= 15 is 0 Å². The smallest absolute Gasteiger partial charge is 0.416 e. The maximum absolute atomic E-state index is 13.0. The highest BCUT2D eigenvalue weighted by Crippen LogP contribution is 2.45. The van der Waals surface area contributed by atoms with Gasteiger partial charge in [0.1, 0.15) is 10.8 Å². The van der Waals surface area contributed by atoms with E-state index in [9.17, 15) is 18.0 Å². The van der Waals surface area contributed by atoms with Gasteiger partial charge in [-0.05, 0) is 49.7 Å². The van der Waals surface area contributed by atoms with Crippen LogP contribution in [0.4, 0.5) is 13.2 Å². The van der Waals surface area contributed by atoms with Crippen LogP contribution in [-0.2, 0) is 11.0 Å². The van der Waals surface area contributed by atoms with E-state index in [2.05, 4.69) is 6.92 Å². The Balaban J connectivity index is 1.64. The third-order valence-corrected chi connectivity index (χ3v) is 7.89. The van der Waals surface area contributed by atoms with E-state index in [4.69, 9.17) is 14.8 Å². The third kappa shape index (κ3) is 6.09. The van der Waals surface area contributed by atoms with Gasteiger partial charge in [-0.3, -0.25) is 0 Å². The van der Waals surface area contributed by atoms with Gasteiger partial charge in [0.25, 0.3) is 0 Å². The molecule has 0 fully saturated rings. The van der Waals surface area contributed by atoms with Gasteiger partial charge in [-0.25, -0.2) is 9.78 Å². The first-order valence-electron chi connectivity index (χ1n) is 11.0. The molecular formula is C27H22F3NO3S2. The zero-order valence-electron chi connectivity index (χ0n) is 19.4. The van der Waals surface area contributed by atoms with Crippen molar-refractivity contribution < 1.29 is 27.8 Å². The summed E-state index contributed by atoms with van der Waals surface area (Å²) in [6.07, 6.45) is -4.39. The summed E-state index contributed by atoms with van der Waals surface area (Å²) in [6, 6.07) is 20.3. The van der Waals surface area contributed by atoms with Crippen molar-refractivity contribution in [3.05, 3.63) is 88.8 Å². The number of alkyl halides is 3. The van der Waals surface area contributed by atoms with Gasteiger partial charge in [0.05, 0.1) is 11.3 Å². The lowest BCUT2D eigenvalue weighted by Gasteiger charge is -2.13. The van der Waals surface area contributed by atoms with Gasteiger partial charge < -0.3 is 9.84 Å². The van der Waals surface area contributed by atoms with E-state index in [1.54, 1.807) is 17.8 Å². The van der Waals surface area contributed by atoms with E-state index in [1.807, 2.05) is 49.4 Å². The van der Waals surface area contributed by atoms with Crippen LogP contribution in [-0.4, -0.2) is 22.7 Å². The molecule has 4 aromatic rings. The number of hydrogen-bond acceptors (Lipinski definition) is 5. The number of hydrogen-bond donors (Lipinski definition) is 1. The quantitative estimate of drug-likeness (QED) is 0.234. The van der Waals surface area contributed by atoms with E-state index in [1.165, 1.54) is 23.5 Å². The summed E-state index contributed by atoms with van der Waals surface area (Å²) >= 11 is 3.08. The van der Waals surface area contributed by atoms with Crippen molar-refractivity contribution in [2.75, 3.05) is 6.61 Å². The molecule has 0 radical (unpaired) electrons. The van der Waals surface area contributed by atoms with Crippen LogP contribution in [0.2, 0.25) is 0 Å². The minimum Gasteiger partial charge on any atom is -0.482 e. The highest BCUT2D eigenvalue weighted by molar-refractivity contribution is 7.99. The molecule has 0 saturated carbocycles. The summed E-state index contributed by atoms with van der Waals surface area (Å²) in [5.41, 5.74) is 2.49. The molecule has 0 unspecified atom stereocenters. The van der Waals surface area contributed by atoms with E-state index in [0.29, 0.717) is 16.3 Å². The second-order valence-corrected chi connectivity index (χ2v) is 10.5. The maximum atomic E-state index is 13.0. The number of rotatable bonds is 8. The van der Waals surface area contributed by atoms with Gasteiger partial charge in [-0.1, -0.05) is 42.5 Å². The summed E-state index contributed by atoms with van der Waals surface area (Å²) < 4.78 is 44.3. The van der Waals surface area contributed by atoms with Gasteiger partial charge >= 0.3 is 12.1 Å². The molecule has 186 valence electrons. The number of carboxylic acid groups (broad SMARTS) is 1. The van der Waals surface area contributed by atoms with Crippen molar-refractivity contribution in [2.45, 2.75) is 30.2 Å². The summed E-state index contributed by atoms with van der Waals surface area (Å²) in [6.45, 7) is 3.51. The first-order valence-corrected chi connectivity index (χ1v) is 12.7. The first kappa shape index (κ1) is 25.8. The predicted molar refractivity (Wildman–Crippen MR) is 137 cm³/mol. The normalized spacial score (nSPS) is 12.4. The molecule has 0 aliphatic rings. The Hall–Kier alpha value is -3.30. The molecule has 36 heavy (non-hydrogen) atoms. The number of carboxylic acids is 1. The maximum Gasteiger partial charge on any atom is 0.416 e. The lowest BCUT2D eigenvalue weighted by Crippen LogP contribution is -2.10. The lowest BCUT2D eigenvalue weighted by molar-refractivity contribution is -0.139. The van der Waals surface area contributed by atoms with Crippen LogP contribution in [0.25, 0.3) is 21.8 Å². The second kappa shape index (κ2) is 10.8. The molecule has 1 heterocycles. The number of aromatic nitrogens is 1. The summed E-state index contributed by atoms with van der Waals surface area (Å²) in [5.74, 6) is -0.522. The van der Waals surface area contributed by atoms with Crippen molar-refractivity contribution >= 4 is 29.1 Å². The highest BCUT2D eigenvalue weighted by Gasteiger charge is 2.30. The Bertz CT molecular complexity index is 1350. The van der Waals surface area contributed by atoms with Crippen molar-refractivity contribution in [1.29, 1.82) is 0 Å². The monoisotopic (exact) mass is 529 g/mol. The predicted octanol–water partition coefficient (Wildman–Crippen LogP) is 8.12. The summed E-state index contributed by atoms with van der Waals surface area (Å²) in [4.78, 5) is 17.6. The van der Waals surface area contributed by atoms with Crippen molar-refractivity contribution in [3.8, 4) is 27.6 Å².